The Morgan fingerprint density at radius 3 is 0.957 bits per heavy atom. The molecule has 0 aromatic heterocycles. The molecule has 0 aliphatic carbocycles. The van der Waals surface area contributed by atoms with Gasteiger partial charge in [0.1, 0.15) is 11.5 Å². The highest BCUT2D eigenvalue weighted by molar-refractivity contribution is 5.31. The first-order valence-corrected chi connectivity index (χ1v) is 20.6. The number of nitrogens with zero attached hydrogens (tertiary/aromatic N) is 2. The molecule has 2 unspecified atom stereocenters. The minimum absolute atomic E-state index is 0.0942. The largest absolute Gasteiger partial charge is 0.473 e. The maximum atomic E-state index is 6.41. The summed E-state index contributed by atoms with van der Waals surface area (Å²) in [5.41, 5.74) is 0. The van der Waals surface area contributed by atoms with Crippen molar-refractivity contribution < 1.29 is 14.2 Å². The van der Waals surface area contributed by atoms with Gasteiger partial charge in [-0.1, -0.05) is 168 Å². The van der Waals surface area contributed by atoms with E-state index in [1.165, 1.54) is 167 Å². The first kappa shape index (κ1) is 41.9. The molecule has 2 atom stereocenters. The smallest absolute Gasteiger partial charge is 0.175 e. The van der Waals surface area contributed by atoms with Crippen LogP contribution in [0.4, 0.5) is 0 Å². The predicted molar refractivity (Wildman–Crippen MR) is 203 cm³/mol. The van der Waals surface area contributed by atoms with Gasteiger partial charge in [0.25, 0.3) is 0 Å². The number of benzene rings is 1. The van der Waals surface area contributed by atoms with E-state index in [0.29, 0.717) is 13.2 Å². The molecule has 0 amide bonds. The van der Waals surface area contributed by atoms with Gasteiger partial charge in [0.05, 0.1) is 13.2 Å². The molecule has 0 fully saturated rings. The highest BCUT2D eigenvalue weighted by Gasteiger charge is 2.22. The minimum Gasteiger partial charge on any atom is -0.473 e. The van der Waals surface area contributed by atoms with Crippen molar-refractivity contribution in [3.8, 4) is 11.5 Å². The Morgan fingerprint density at radius 1 is 0.426 bits per heavy atom. The zero-order valence-corrected chi connectivity index (χ0v) is 31.8. The van der Waals surface area contributed by atoms with Gasteiger partial charge >= 0.3 is 0 Å². The Morgan fingerprint density at radius 2 is 0.681 bits per heavy atom. The lowest BCUT2D eigenvalue weighted by molar-refractivity contribution is -0.0741. The Balaban J connectivity index is 1.59. The first-order valence-electron chi connectivity index (χ1n) is 20.6. The summed E-state index contributed by atoms with van der Waals surface area (Å²) in [4.78, 5) is 4.66. The van der Waals surface area contributed by atoms with Crippen molar-refractivity contribution in [1.82, 2.24) is 9.80 Å². The van der Waals surface area contributed by atoms with Crippen molar-refractivity contribution >= 4 is 0 Å². The van der Waals surface area contributed by atoms with Gasteiger partial charge in [-0.25, -0.2) is 0 Å². The van der Waals surface area contributed by atoms with E-state index in [2.05, 4.69) is 37.7 Å². The number of rotatable bonds is 30. The molecule has 0 spiro atoms. The van der Waals surface area contributed by atoms with Gasteiger partial charge in [0.15, 0.2) is 12.5 Å². The van der Waals surface area contributed by atoms with Crippen LogP contribution in [0.25, 0.3) is 0 Å². The van der Waals surface area contributed by atoms with E-state index in [1.54, 1.807) is 0 Å². The van der Waals surface area contributed by atoms with Crippen molar-refractivity contribution in [2.75, 3.05) is 40.4 Å². The normalized spacial score (nSPS) is 16.8. The van der Waals surface area contributed by atoms with E-state index in [1.807, 2.05) is 24.3 Å². The number of likely N-dealkylation sites (N-methyl/N-ethyl adjacent to an activating group) is 2. The highest BCUT2D eigenvalue weighted by atomic mass is 16.6. The van der Waals surface area contributed by atoms with Gasteiger partial charge in [0.2, 0.25) is 0 Å². The summed E-state index contributed by atoms with van der Waals surface area (Å²) in [6.07, 6.45) is 35.7. The van der Waals surface area contributed by atoms with E-state index < -0.39 is 0 Å². The van der Waals surface area contributed by atoms with E-state index in [-0.39, 0.29) is 12.5 Å². The van der Waals surface area contributed by atoms with Crippen molar-refractivity contribution in [3.05, 3.63) is 24.3 Å². The molecule has 2 aliphatic heterocycles. The maximum absolute atomic E-state index is 6.41. The first-order chi connectivity index (χ1) is 23.1. The fraction of sp³-hybridized carbons (Fsp3) is 0.857. The van der Waals surface area contributed by atoms with Gasteiger partial charge in [-0.05, 0) is 51.2 Å². The monoisotopic (exact) mass is 659 g/mol. The number of fused-ring (bicyclic) bond motifs is 8. The number of hydrogen-bond donors (Lipinski definition) is 0. The molecule has 5 nitrogen and oxygen atoms in total. The average Bonchev–Trinajstić information content (AvgIpc) is 3.15. The summed E-state index contributed by atoms with van der Waals surface area (Å²) in [5.74, 6) is 1.75. The Labute approximate surface area is 292 Å². The predicted octanol–water partition coefficient (Wildman–Crippen LogP) is 12.2. The van der Waals surface area contributed by atoms with Gasteiger partial charge in [-0.3, -0.25) is 9.80 Å². The van der Waals surface area contributed by atoms with Gasteiger partial charge < -0.3 is 14.2 Å². The molecular formula is C42H78N2O3. The lowest BCUT2D eigenvalue weighted by Crippen LogP contribution is -2.44. The van der Waals surface area contributed by atoms with Crippen molar-refractivity contribution in [3.63, 3.8) is 0 Å². The molecule has 0 N–H and O–H groups in total. The molecule has 2 bridgehead atoms. The van der Waals surface area contributed by atoms with Crippen molar-refractivity contribution in [1.29, 1.82) is 0 Å². The lowest BCUT2D eigenvalue weighted by Gasteiger charge is -2.30. The standard InChI is InChI=1S/C42H78N2O3/c1-5-7-9-11-13-15-17-19-21-23-25-27-29-35-43(3)41-37-45-38-42(47-40-33-31-39(46-41)32-34-40)44(4)36-30-28-26-24-22-20-18-16-14-12-10-8-6-2/h31-34,41-42H,5-30,35-38H2,1-4H3. The number of hydrogen-bond acceptors (Lipinski definition) is 5. The van der Waals surface area contributed by atoms with Crippen LogP contribution in [0.2, 0.25) is 0 Å². The molecule has 47 heavy (non-hydrogen) atoms. The fourth-order valence-electron chi connectivity index (χ4n) is 6.73. The molecule has 1 aromatic carbocycles. The molecule has 0 saturated carbocycles. The van der Waals surface area contributed by atoms with Crippen LogP contribution in [-0.2, 0) is 4.74 Å². The summed E-state index contributed by atoms with van der Waals surface area (Å²) in [7, 11) is 4.36. The van der Waals surface area contributed by atoms with E-state index >= 15 is 0 Å². The average molecular weight is 659 g/mol. The van der Waals surface area contributed by atoms with Crippen LogP contribution in [0, 0.1) is 0 Å². The van der Waals surface area contributed by atoms with Gasteiger partial charge in [-0.2, -0.15) is 0 Å². The zero-order valence-electron chi connectivity index (χ0n) is 31.8. The molecule has 3 rings (SSSR count). The quantitative estimate of drug-likeness (QED) is 0.0607. The Hall–Kier alpha value is -1.30. The van der Waals surface area contributed by atoms with Gasteiger partial charge in [-0.15, -0.1) is 0 Å². The van der Waals surface area contributed by atoms with Crippen LogP contribution in [0.15, 0.2) is 24.3 Å². The second-order valence-electron chi connectivity index (χ2n) is 14.6. The van der Waals surface area contributed by atoms with E-state index in [0.717, 1.165) is 24.6 Å². The van der Waals surface area contributed by atoms with Crippen LogP contribution in [0.5, 0.6) is 11.5 Å². The third-order valence-corrected chi connectivity index (χ3v) is 10.1. The molecule has 274 valence electrons. The van der Waals surface area contributed by atoms with E-state index in [4.69, 9.17) is 14.2 Å². The fourth-order valence-corrected chi connectivity index (χ4v) is 6.73. The van der Waals surface area contributed by atoms with Crippen LogP contribution < -0.4 is 9.47 Å². The Kier molecular flexibility index (Phi) is 26.4. The summed E-state index contributed by atoms with van der Waals surface area (Å²) in [5, 5.41) is 0. The van der Waals surface area contributed by atoms with E-state index in [9.17, 15) is 0 Å². The molecule has 1 aromatic rings. The zero-order chi connectivity index (χ0) is 33.6. The molecule has 5 heteroatoms. The number of unbranched alkanes of at least 4 members (excludes halogenated alkanes) is 24. The molecule has 0 radical (unpaired) electrons. The third-order valence-electron chi connectivity index (χ3n) is 10.1. The van der Waals surface area contributed by atoms with Crippen LogP contribution in [0.1, 0.15) is 181 Å². The lowest BCUT2D eigenvalue weighted by atomic mass is 10.0. The molecule has 0 saturated heterocycles. The van der Waals surface area contributed by atoms with Crippen LogP contribution in [-0.4, -0.2) is 62.7 Å². The Bertz CT molecular complexity index is 739. The number of ether oxygens (including phenoxy) is 3. The highest BCUT2D eigenvalue weighted by Crippen LogP contribution is 2.23. The summed E-state index contributed by atoms with van der Waals surface area (Å²) < 4.78 is 19.1. The molecule has 2 aliphatic rings. The summed E-state index contributed by atoms with van der Waals surface area (Å²) >= 11 is 0. The third kappa shape index (κ3) is 22.1. The SMILES string of the molecule is CCCCCCCCCCCCCCCN(C)C1COCC(N(C)CCCCCCCCCCCCCCC)Oc2ccc(cc2)O1. The van der Waals surface area contributed by atoms with Gasteiger partial charge in [0, 0.05) is 13.1 Å². The summed E-state index contributed by atoms with van der Waals surface area (Å²) in [6.45, 7) is 7.74. The van der Waals surface area contributed by atoms with Crippen LogP contribution in [0.3, 0.4) is 0 Å². The second kappa shape index (κ2) is 29.6. The topological polar surface area (TPSA) is 34.2 Å². The molecular weight excluding hydrogens is 580 g/mol. The molecule has 2 heterocycles. The van der Waals surface area contributed by atoms with Crippen LogP contribution >= 0.6 is 0 Å². The van der Waals surface area contributed by atoms with Crippen molar-refractivity contribution in [2.45, 2.75) is 193 Å². The summed E-state index contributed by atoms with van der Waals surface area (Å²) in [6, 6.07) is 8.15. The minimum atomic E-state index is -0.0942. The maximum Gasteiger partial charge on any atom is 0.175 e. The van der Waals surface area contributed by atoms with Crippen molar-refractivity contribution in [2.24, 2.45) is 0 Å². The second-order valence-corrected chi connectivity index (χ2v) is 14.6.